The average molecular weight is 329 g/mol. The topological polar surface area (TPSA) is 52.5 Å². The van der Waals surface area contributed by atoms with E-state index in [1.165, 1.54) is 0 Å². The predicted octanol–water partition coefficient (Wildman–Crippen LogP) is 2.67. The number of nitrogens with one attached hydrogen (secondary N) is 1. The lowest BCUT2D eigenvalue weighted by atomic mass is 10.0. The molecule has 1 aromatic carbocycles. The smallest absolute Gasteiger partial charge is 0.178 e. The maximum Gasteiger partial charge on any atom is 0.178 e. The number of phenolic OH excluding ortho intramolecular Hbond substituents is 2. The van der Waals surface area contributed by atoms with Crippen molar-refractivity contribution in [3.8, 4) is 11.5 Å². The number of benzene rings is 1. The first kappa shape index (κ1) is 13.9. The van der Waals surface area contributed by atoms with Crippen LogP contribution in [0, 0.1) is 0 Å². The van der Waals surface area contributed by atoms with Gasteiger partial charge in [0.15, 0.2) is 11.5 Å². The average Bonchev–Trinajstić information content (AvgIpc) is 2.48. The largest absolute Gasteiger partial charge is 0.503 e. The van der Waals surface area contributed by atoms with Crippen LogP contribution in [0.5, 0.6) is 11.5 Å². The van der Waals surface area contributed by atoms with Crippen LogP contribution in [0.25, 0.3) is 0 Å². The van der Waals surface area contributed by atoms with E-state index in [0.29, 0.717) is 12.8 Å². The Labute approximate surface area is 114 Å². The highest BCUT2D eigenvalue weighted by molar-refractivity contribution is 8.93. The number of phenols is 2. The van der Waals surface area contributed by atoms with Crippen LogP contribution in [-0.2, 0) is 12.8 Å². The van der Waals surface area contributed by atoms with Crippen LogP contribution in [0.15, 0.2) is 0 Å². The molecular weight excluding hydrogens is 317 g/mol. The molecule has 1 aliphatic rings. The van der Waals surface area contributed by atoms with E-state index in [-0.39, 0.29) is 38.5 Å². The minimum atomic E-state index is -0.317. The highest BCUT2D eigenvalue weighted by Gasteiger charge is 2.22. The molecule has 0 radical (unpaired) electrons. The van der Waals surface area contributed by atoms with E-state index in [1.807, 2.05) is 0 Å². The van der Waals surface area contributed by atoms with Gasteiger partial charge in [-0.05, 0) is 37.1 Å². The van der Waals surface area contributed by atoms with E-state index < -0.39 is 0 Å². The molecule has 0 saturated carbocycles. The first-order chi connectivity index (χ1) is 7.13. The predicted molar refractivity (Wildman–Crippen MR) is 70.4 cm³/mol. The number of hydrogen-bond acceptors (Lipinski definition) is 3. The van der Waals surface area contributed by atoms with Crippen molar-refractivity contribution >= 4 is 40.2 Å². The molecule has 3 nitrogen and oxygen atoms in total. The van der Waals surface area contributed by atoms with E-state index in [4.69, 9.17) is 23.2 Å². The summed E-state index contributed by atoms with van der Waals surface area (Å²) in [4.78, 5) is 0. The van der Waals surface area contributed by atoms with Crippen LogP contribution in [-0.4, -0.2) is 23.3 Å². The summed E-state index contributed by atoms with van der Waals surface area (Å²) in [5, 5.41) is 22.7. The van der Waals surface area contributed by atoms with Crippen LogP contribution < -0.4 is 5.32 Å². The van der Waals surface area contributed by atoms with Gasteiger partial charge in [-0.25, -0.2) is 0 Å². The van der Waals surface area contributed by atoms with Crippen LogP contribution in [0.2, 0.25) is 10.0 Å². The van der Waals surface area contributed by atoms with E-state index >= 15 is 0 Å². The first-order valence-corrected chi connectivity index (χ1v) is 5.50. The Morgan fingerprint density at radius 3 is 1.62 bits per heavy atom. The fraction of sp³-hybridized carbons (Fsp3) is 0.400. The second kappa shape index (κ2) is 5.45. The van der Waals surface area contributed by atoms with Gasteiger partial charge in [0.2, 0.25) is 0 Å². The fourth-order valence-corrected chi connectivity index (χ4v) is 2.43. The lowest BCUT2D eigenvalue weighted by Gasteiger charge is -2.13. The summed E-state index contributed by atoms with van der Waals surface area (Å²) in [6.07, 6.45) is 1.42. The molecule has 1 heterocycles. The summed E-state index contributed by atoms with van der Waals surface area (Å²) in [7, 11) is 0. The molecule has 0 saturated heterocycles. The van der Waals surface area contributed by atoms with Gasteiger partial charge in [-0.1, -0.05) is 23.2 Å². The van der Waals surface area contributed by atoms with Gasteiger partial charge in [-0.15, -0.1) is 17.0 Å². The molecular formula is C10H12BrCl2NO2. The van der Waals surface area contributed by atoms with Crippen molar-refractivity contribution in [3.63, 3.8) is 0 Å². The number of fused-ring (bicyclic) bond motifs is 1. The van der Waals surface area contributed by atoms with Crippen molar-refractivity contribution in [1.82, 2.24) is 5.32 Å². The summed E-state index contributed by atoms with van der Waals surface area (Å²) < 4.78 is 0. The normalized spacial score (nSPS) is 14.9. The van der Waals surface area contributed by atoms with Gasteiger partial charge in [-0.3, -0.25) is 0 Å². The number of rotatable bonds is 0. The molecule has 0 unspecified atom stereocenters. The zero-order valence-electron chi connectivity index (χ0n) is 8.39. The van der Waals surface area contributed by atoms with Gasteiger partial charge >= 0.3 is 0 Å². The Balaban J connectivity index is 0.00000128. The first-order valence-electron chi connectivity index (χ1n) is 4.74. The molecule has 1 aliphatic heterocycles. The summed E-state index contributed by atoms with van der Waals surface area (Å²) in [5.74, 6) is -0.635. The Bertz CT molecular complexity index is 376. The molecule has 3 N–H and O–H groups in total. The van der Waals surface area contributed by atoms with Gasteiger partial charge in [0.05, 0.1) is 10.0 Å². The molecule has 0 atom stereocenters. The molecule has 2 rings (SSSR count). The lowest BCUT2D eigenvalue weighted by Crippen LogP contribution is -2.16. The zero-order chi connectivity index (χ0) is 11.0. The summed E-state index contributed by atoms with van der Waals surface area (Å²) >= 11 is 11.9. The summed E-state index contributed by atoms with van der Waals surface area (Å²) in [6, 6.07) is 0. The highest BCUT2D eigenvalue weighted by atomic mass is 79.9. The van der Waals surface area contributed by atoms with Crippen molar-refractivity contribution in [2.75, 3.05) is 13.1 Å². The molecule has 16 heavy (non-hydrogen) atoms. The second-order valence-corrected chi connectivity index (χ2v) is 4.29. The van der Waals surface area contributed by atoms with Crippen LogP contribution in [0.1, 0.15) is 11.1 Å². The molecule has 90 valence electrons. The number of aromatic hydroxyl groups is 2. The van der Waals surface area contributed by atoms with Gasteiger partial charge in [0, 0.05) is 0 Å². The molecule has 0 fully saturated rings. The molecule has 0 aliphatic carbocycles. The molecule has 0 amide bonds. The molecule has 0 bridgehead atoms. The third-order valence-corrected chi connectivity index (χ3v) is 3.45. The van der Waals surface area contributed by atoms with Crippen LogP contribution in [0.4, 0.5) is 0 Å². The van der Waals surface area contributed by atoms with Crippen molar-refractivity contribution in [1.29, 1.82) is 0 Å². The van der Waals surface area contributed by atoms with Crippen molar-refractivity contribution in [3.05, 3.63) is 21.2 Å². The maximum atomic E-state index is 9.55. The SMILES string of the molecule is Br.Oc1c(O)c(Cl)c2c(c1Cl)CCNCC2. The maximum absolute atomic E-state index is 9.55. The van der Waals surface area contributed by atoms with E-state index in [1.54, 1.807) is 0 Å². The second-order valence-electron chi connectivity index (χ2n) is 3.53. The van der Waals surface area contributed by atoms with E-state index in [9.17, 15) is 10.2 Å². The molecule has 0 aromatic heterocycles. The monoisotopic (exact) mass is 327 g/mol. The third-order valence-electron chi connectivity index (χ3n) is 2.64. The third kappa shape index (κ3) is 2.25. The Morgan fingerprint density at radius 1 is 0.875 bits per heavy atom. The summed E-state index contributed by atoms with van der Waals surface area (Å²) in [6.45, 7) is 1.60. The minimum absolute atomic E-state index is 0. The van der Waals surface area contributed by atoms with Gasteiger partial charge in [0.1, 0.15) is 0 Å². The summed E-state index contributed by atoms with van der Waals surface area (Å²) in [5.41, 5.74) is 1.67. The van der Waals surface area contributed by atoms with Gasteiger partial charge < -0.3 is 15.5 Å². The fourth-order valence-electron chi connectivity index (χ4n) is 1.83. The quantitative estimate of drug-likeness (QED) is 0.642. The molecule has 1 aromatic rings. The van der Waals surface area contributed by atoms with Gasteiger partial charge in [-0.2, -0.15) is 0 Å². The molecule has 6 heteroatoms. The van der Waals surface area contributed by atoms with Crippen molar-refractivity contribution < 1.29 is 10.2 Å². The van der Waals surface area contributed by atoms with Gasteiger partial charge in [0.25, 0.3) is 0 Å². The minimum Gasteiger partial charge on any atom is -0.503 e. The zero-order valence-corrected chi connectivity index (χ0v) is 11.6. The Kier molecular flexibility index (Phi) is 4.73. The van der Waals surface area contributed by atoms with E-state index in [2.05, 4.69) is 5.32 Å². The Morgan fingerprint density at radius 2 is 1.25 bits per heavy atom. The van der Waals surface area contributed by atoms with Crippen molar-refractivity contribution in [2.24, 2.45) is 0 Å². The number of hydrogen-bond donors (Lipinski definition) is 3. The number of halogens is 3. The molecule has 0 spiro atoms. The standard InChI is InChI=1S/C10H11Cl2NO2.BrH/c11-7-5-1-3-13-4-2-6(5)8(12)10(15)9(7)14;/h13-15H,1-4H2;1H. The Hall–Kier alpha value is -0.160. The van der Waals surface area contributed by atoms with Crippen molar-refractivity contribution in [2.45, 2.75) is 12.8 Å². The van der Waals surface area contributed by atoms with Crippen LogP contribution >= 0.6 is 40.2 Å². The van der Waals surface area contributed by atoms with Crippen LogP contribution in [0.3, 0.4) is 0 Å². The lowest BCUT2D eigenvalue weighted by molar-refractivity contribution is 0.403. The van der Waals surface area contributed by atoms with E-state index in [0.717, 1.165) is 24.2 Å². The highest BCUT2D eigenvalue weighted by Crippen LogP contribution is 2.44.